The summed E-state index contributed by atoms with van der Waals surface area (Å²) in [5.41, 5.74) is 0.839. The van der Waals surface area contributed by atoms with Crippen molar-refractivity contribution in [3.8, 4) is 11.6 Å². The van der Waals surface area contributed by atoms with Gasteiger partial charge in [-0.3, -0.25) is 4.98 Å². The van der Waals surface area contributed by atoms with Crippen molar-refractivity contribution in [2.45, 2.75) is 6.61 Å². The Labute approximate surface area is 93.9 Å². The summed E-state index contributed by atoms with van der Waals surface area (Å²) < 4.78 is 10.5. The van der Waals surface area contributed by atoms with Gasteiger partial charge in [-0.1, -0.05) is 6.07 Å². The Balaban J connectivity index is 1.94. The second kappa shape index (κ2) is 5.11. The number of hydrogen-bond acceptors (Lipinski definition) is 4. The maximum absolute atomic E-state index is 5.45. The Hall–Kier alpha value is -2.10. The van der Waals surface area contributed by atoms with Gasteiger partial charge in [0.1, 0.15) is 12.4 Å². The third-order valence-electron chi connectivity index (χ3n) is 2.04. The summed E-state index contributed by atoms with van der Waals surface area (Å²) in [6.45, 7) is 0.404. The molecule has 0 aromatic carbocycles. The Bertz CT molecular complexity index is 429. The third-order valence-corrected chi connectivity index (χ3v) is 2.04. The summed E-state index contributed by atoms with van der Waals surface area (Å²) in [4.78, 5) is 8.24. The highest BCUT2D eigenvalue weighted by Crippen LogP contribution is 2.10. The Kier molecular flexibility index (Phi) is 3.33. The van der Waals surface area contributed by atoms with Gasteiger partial charge in [-0.15, -0.1) is 0 Å². The predicted octanol–water partition coefficient (Wildman–Crippen LogP) is 2.06. The van der Waals surface area contributed by atoms with Gasteiger partial charge in [0.15, 0.2) is 0 Å². The van der Waals surface area contributed by atoms with E-state index in [1.54, 1.807) is 19.5 Å². The molecule has 4 heteroatoms. The fourth-order valence-electron chi connectivity index (χ4n) is 1.20. The molecule has 0 N–H and O–H groups in total. The molecule has 82 valence electrons. The van der Waals surface area contributed by atoms with E-state index in [2.05, 4.69) is 9.97 Å². The molecular weight excluding hydrogens is 204 g/mol. The number of rotatable bonds is 4. The molecule has 4 nitrogen and oxygen atoms in total. The van der Waals surface area contributed by atoms with Gasteiger partial charge >= 0.3 is 0 Å². The molecular formula is C12H12N2O2. The van der Waals surface area contributed by atoms with E-state index >= 15 is 0 Å². The smallest absolute Gasteiger partial charge is 0.213 e. The number of aromatic nitrogens is 2. The van der Waals surface area contributed by atoms with E-state index in [0.29, 0.717) is 12.5 Å². The molecule has 0 aliphatic heterocycles. The highest BCUT2D eigenvalue weighted by Gasteiger charge is 1.98. The molecule has 2 heterocycles. The van der Waals surface area contributed by atoms with Crippen LogP contribution in [0.25, 0.3) is 0 Å². The SMILES string of the molecule is COc1ccc(COc2ccccn2)nc1. The molecule has 0 atom stereocenters. The number of pyridine rings is 2. The zero-order chi connectivity index (χ0) is 11.2. The fraction of sp³-hybridized carbons (Fsp3) is 0.167. The van der Waals surface area contributed by atoms with Gasteiger partial charge in [0, 0.05) is 12.3 Å². The van der Waals surface area contributed by atoms with Gasteiger partial charge in [-0.2, -0.15) is 0 Å². The van der Waals surface area contributed by atoms with Crippen LogP contribution in [0.15, 0.2) is 42.7 Å². The molecule has 0 spiro atoms. The van der Waals surface area contributed by atoms with Gasteiger partial charge in [0.2, 0.25) is 5.88 Å². The minimum absolute atomic E-state index is 0.404. The lowest BCUT2D eigenvalue weighted by atomic mass is 10.3. The average molecular weight is 216 g/mol. The summed E-state index contributed by atoms with van der Waals surface area (Å²) in [5, 5.41) is 0. The number of nitrogens with zero attached hydrogens (tertiary/aromatic N) is 2. The van der Waals surface area contributed by atoms with Crippen LogP contribution >= 0.6 is 0 Å². The standard InChI is InChI=1S/C12H12N2O2/c1-15-11-6-5-10(14-8-11)9-16-12-4-2-3-7-13-12/h2-8H,9H2,1H3. The summed E-state index contributed by atoms with van der Waals surface area (Å²) >= 11 is 0. The second-order valence-corrected chi connectivity index (χ2v) is 3.15. The zero-order valence-corrected chi connectivity index (χ0v) is 8.96. The summed E-state index contributed by atoms with van der Waals surface area (Å²) in [5.74, 6) is 1.33. The predicted molar refractivity (Wildman–Crippen MR) is 59.4 cm³/mol. The van der Waals surface area contributed by atoms with Gasteiger partial charge < -0.3 is 9.47 Å². The van der Waals surface area contributed by atoms with Crippen molar-refractivity contribution in [1.82, 2.24) is 9.97 Å². The van der Waals surface area contributed by atoms with Crippen LogP contribution in [0.2, 0.25) is 0 Å². The molecule has 0 aliphatic carbocycles. The first kappa shape index (κ1) is 10.4. The molecule has 0 aliphatic rings. The van der Waals surface area contributed by atoms with Crippen molar-refractivity contribution in [1.29, 1.82) is 0 Å². The Morgan fingerprint density at radius 2 is 2.06 bits per heavy atom. The van der Waals surface area contributed by atoms with Crippen molar-refractivity contribution in [3.63, 3.8) is 0 Å². The van der Waals surface area contributed by atoms with E-state index in [1.807, 2.05) is 30.3 Å². The first-order chi connectivity index (χ1) is 7.88. The third kappa shape index (κ3) is 2.70. The molecule has 0 unspecified atom stereocenters. The lowest BCUT2D eigenvalue weighted by Crippen LogP contribution is -1.99. The van der Waals surface area contributed by atoms with E-state index in [9.17, 15) is 0 Å². The maximum Gasteiger partial charge on any atom is 0.213 e. The molecule has 0 radical (unpaired) electrons. The van der Waals surface area contributed by atoms with Crippen LogP contribution in [0, 0.1) is 0 Å². The number of hydrogen-bond donors (Lipinski definition) is 0. The van der Waals surface area contributed by atoms with Crippen molar-refractivity contribution >= 4 is 0 Å². The molecule has 2 rings (SSSR count). The van der Waals surface area contributed by atoms with E-state index in [4.69, 9.17) is 9.47 Å². The molecule has 0 saturated heterocycles. The minimum Gasteiger partial charge on any atom is -0.495 e. The fourth-order valence-corrected chi connectivity index (χ4v) is 1.20. The summed E-state index contributed by atoms with van der Waals surface area (Å²) in [7, 11) is 1.61. The molecule has 0 fully saturated rings. The van der Waals surface area contributed by atoms with Crippen LogP contribution in [-0.4, -0.2) is 17.1 Å². The summed E-state index contributed by atoms with van der Waals surface area (Å²) in [6, 6.07) is 9.25. The number of methoxy groups -OCH3 is 1. The van der Waals surface area contributed by atoms with Crippen molar-refractivity contribution in [3.05, 3.63) is 48.4 Å². The van der Waals surface area contributed by atoms with Crippen LogP contribution < -0.4 is 9.47 Å². The van der Waals surface area contributed by atoms with E-state index in [-0.39, 0.29) is 0 Å². The average Bonchev–Trinajstić information content (AvgIpc) is 2.38. The minimum atomic E-state index is 0.404. The van der Waals surface area contributed by atoms with E-state index < -0.39 is 0 Å². The van der Waals surface area contributed by atoms with Crippen LogP contribution in [0.4, 0.5) is 0 Å². The zero-order valence-electron chi connectivity index (χ0n) is 8.96. The Morgan fingerprint density at radius 1 is 1.12 bits per heavy atom. The van der Waals surface area contributed by atoms with Crippen LogP contribution in [0.3, 0.4) is 0 Å². The van der Waals surface area contributed by atoms with Gasteiger partial charge in [-0.25, -0.2) is 4.98 Å². The molecule has 2 aromatic heterocycles. The van der Waals surface area contributed by atoms with Crippen LogP contribution in [-0.2, 0) is 6.61 Å². The Morgan fingerprint density at radius 3 is 2.69 bits per heavy atom. The molecule has 0 amide bonds. The highest BCUT2D eigenvalue weighted by molar-refractivity contribution is 5.19. The van der Waals surface area contributed by atoms with E-state index in [0.717, 1.165) is 11.4 Å². The maximum atomic E-state index is 5.45. The molecule has 2 aromatic rings. The molecule has 0 saturated carbocycles. The van der Waals surface area contributed by atoms with Crippen molar-refractivity contribution < 1.29 is 9.47 Å². The lowest BCUT2D eigenvalue weighted by Gasteiger charge is -2.04. The van der Waals surface area contributed by atoms with Crippen molar-refractivity contribution in [2.24, 2.45) is 0 Å². The normalized spacial score (nSPS) is 9.81. The topological polar surface area (TPSA) is 44.2 Å². The van der Waals surface area contributed by atoms with Crippen LogP contribution in [0.5, 0.6) is 11.6 Å². The van der Waals surface area contributed by atoms with E-state index in [1.165, 1.54) is 0 Å². The van der Waals surface area contributed by atoms with Gasteiger partial charge in [0.05, 0.1) is 19.0 Å². The molecule has 0 bridgehead atoms. The first-order valence-corrected chi connectivity index (χ1v) is 4.91. The quantitative estimate of drug-likeness (QED) is 0.784. The van der Waals surface area contributed by atoms with Gasteiger partial charge in [0.25, 0.3) is 0 Å². The van der Waals surface area contributed by atoms with Crippen LogP contribution in [0.1, 0.15) is 5.69 Å². The first-order valence-electron chi connectivity index (χ1n) is 4.91. The van der Waals surface area contributed by atoms with Gasteiger partial charge in [-0.05, 0) is 18.2 Å². The summed E-state index contributed by atoms with van der Waals surface area (Å²) in [6.07, 6.45) is 3.36. The molecule has 16 heavy (non-hydrogen) atoms. The highest BCUT2D eigenvalue weighted by atomic mass is 16.5. The second-order valence-electron chi connectivity index (χ2n) is 3.15. The monoisotopic (exact) mass is 216 g/mol. The lowest BCUT2D eigenvalue weighted by molar-refractivity contribution is 0.289. The van der Waals surface area contributed by atoms with Crippen molar-refractivity contribution in [2.75, 3.05) is 7.11 Å². The largest absolute Gasteiger partial charge is 0.495 e. The number of ether oxygens (including phenoxy) is 2.